The van der Waals surface area contributed by atoms with Gasteiger partial charge in [0.05, 0.1) is 0 Å². The van der Waals surface area contributed by atoms with Gasteiger partial charge < -0.3 is 0 Å². The highest BCUT2D eigenvalue weighted by molar-refractivity contribution is 5.84. The van der Waals surface area contributed by atoms with Gasteiger partial charge in [0.15, 0.2) is 0 Å². The third-order valence-electron chi connectivity index (χ3n) is 13.7. The van der Waals surface area contributed by atoms with Gasteiger partial charge in [-0.15, -0.1) is 0 Å². The van der Waals surface area contributed by atoms with Crippen LogP contribution >= 0.6 is 0 Å². The lowest BCUT2D eigenvalue weighted by atomic mass is 9.88. The van der Waals surface area contributed by atoms with Crippen molar-refractivity contribution in [3.63, 3.8) is 0 Å². The van der Waals surface area contributed by atoms with Crippen molar-refractivity contribution in [1.29, 1.82) is 0 Å². The quantitative estimate of drug-likeness (QED) is 0.144. The normalized spacial score (nSPS) is 14.1. The number of rotatable bonds is 0. The van der Waals surface area contributed by atoms with E-state index in [1.54, 1.807) is 0 Å². The summed E-state index contributed by atoms with van der Waals surface area (Å²) in [7, 11) is 0. The second-order valence-corrected chi connectivity index (χ2v) is 22.3. The van der Waals surface area contributed by atoms with E-state index in [4.69, 9.17) is 0 Å². The van der Waals surface area contributed by atoms with Crippen LogP contribution in [0.1, 0.15) is 150 Å². The van der Waals surface area contributed by atoms with Gasteiger partial charge in [-0.2, -0.15) is 0 Å². The molecule has 304 valence electrons. The molecule has 0 fully saturated rings. The summed E-state index contributed by atoms with van der Waals surface area (Å²) in [5, 5.41) is 0. The van der Waals surface area contributed by atoms with Gasteiger partial charge >= 0.3 is 0 Å². The van der Waals surface area contributed by atoms with Crippen molar-refractivity contribution in [2.45, 2.75) is 130 Å². The summed E-state index contributed by atoms with van der Waals surface area (Å²) in [5.74, 6) is 0. The van der Waals surface area contributed by atoms with Crippen molar-refractivity contribution in [1.82, 2.24) is 0 Å². The first-order chi connectivity index (χ1) is 28.2. The predicted molar refractivity (Wildman–Crippen MR) is 258 cm³/mol. The predicted octanol–water partition coefficient (Wildman–Crippen LogP) is 16.0. The highest BCUT2D eigenvalue weighted by Gasteiger charge is 2.27. The molecule has 0 aliphatic heterocycles. The average molecular weight is 785 g/mol. The Morgan fingerprint density at radius 1 is 0.217 bits per heavy atom. The maximum atomic E-state index is 2.56. The third-order valence-corrected chi connectivity index (χ3v) is 13.7. The Kier molecular flexibility index (Phi) is 9.51. The third kappa shape index (κ3) is 7.35. The van der Waals surface area contributed by atoms with Crippen LogP contribution < -0.4 is 0 Å². The van der Waals surface area contributed by atoms with E-state index in [-0.39, 0.29) is 21.7 Å². The molecule has 0 heterocycles. The topological polar surface area (TPSA) is 0 Å². The molecule has 0 unspecified atom stereocenters. The van der Waals surface area contributed by atoms with Crippen LogP contribution in [0.15, 0.2) is 121 Å². The lowest BCUT2D eigenvalue weighted by molar-refractivity contribution is 0.590. The summed E-state index contributed by atoms with van der Waals surface area (Å²) < 4.78 is 0. The Hall–Kier alpha value is -5.20. The summed E-state index contributed by atoms with van der Waals surface area (Å²) in [6.45, 7) is 27.9. The fourth-order valence-corrected chi connectivity index (χ4v) is 10.0. The molecule has 8 bridgehead atoms. The molecule has 0 aromatic heterocycles. The molecular weight excluding hydrogens is 721 g/mol. The first-order valence-electron chi connectivity index (χ1n) is 22.4. The largest absolute Gasteiger partial charge is 0.0579 e. The SMILES string of the molecule is CC(C)(C)c1ccc2c3cc(c-2cc1)Cc1cc(c2ccc(C(C)(C)C)ccc1-2)Cc1cc(c2ccc(C(C)(C)C)ccc1-2)Cc1cc(c2ccc(C(C)(C)C)ccc1-2)C3. The van der Waals surface area contributed by atoms with E-state index in [9.17, 15) is 0 Å². The Balaban J connectivity index is 1.33. The number of hydrogen-bond acceptors (Lipinski definition) is 0. The molecule has 0 N–H and O–H groups in total. The minimum Gasteiger partial charge on any atom is -0.0579 e. The van der Waals surface area contributed by atoms with Crippen LogP contribution in [0.25, 0.3) is 44.5 Å². The van der Waals surface area contributed by atoms with Gasteiger partial charge in [0.25, 0.3) is 0 Å². The smallest absolute Gasteiger partial charge is 0.00132 e. The zero-order valence-corrected chi connectivity index (χ0v) is 38.4. The summed E-state index contributed by atoms with van der Waals surface area (Å²) in [5.41, 5.74) is 28.1. The Morgan fingerprint density at radius 2 is 0.350 bits per heavy atom. The molecule has 9 aliphatic carbocycles. The Morgan fingerprint density at radius 3 is 0.467 bits per heavy atom. The van der Waals surface area contributed by atoms with E-state index in [0.717, 1.165) is 25.7 Å². The van der Waals surface area contributed by atoms with Crippen LogP contribution in [0.4, 0.5) is 0 Å². The molecule has 0 radical (unpaired) electrons. The molecule has 0 aromatic carbocycles. The van der Waals surface area contributed by atoms with E-state index in [1.807, 2.05) is 0 Å². The number of fused-ring (bicyclic) bond motifs is 20. The molecular formula is C60H64. The Bertz CT molecular complexity index is 2240. The van der Waals surface area contributed by atoms with E-state index in [1.165, 1.54) is 111 Å². The first-order valence-corrected chi connectivity index (χ1v) is 22.4. The molecule has 9 aliphatic rings. The van der Waals surface area contributed by atoms with Gasteiger partial charge in [0, 0.05) is 0 Å². The van der Waals surface area contributed by atoms with E-state index >= 15 is 0 Å². The van der Waals surface area contributed by atoms with Crippen molar-refractivity contribution in [2.75, 3.05) is 0 Å². The molecule has 0 nitrogen and oxygen atoms in total. The molecule has 60 heavy (non-hydrogen) atoms. The Labute approximate surface area is 361 Å². The highest BCUT2D eigenvalue weighted by Crippen LogP contribution is 2.46. The fourth-order valence-electron chi connectivity index (χ4n) is 10.0. The lowest BCUT2D eigenvalue weighted by Gasteiger charge is -2.17. The first kappa shape index (κ1) is 40.2. The molecule has 0 saturated heterocycles. The summed E-state index contributed by atoms with van der Waals surface area (Å²) in [6, 6.07) is 48.7. The summed E-state index contributed by atoms with van der Waals surface area (Å²) >= 11 is 0. The van der Waals surface area contributed by atoms with Gasteiger partial charge in [-0.25, -0.2) is 0 Å². The fraction of sp³-hybridized carbons (Fsp3) is 0.333. The monoisotopic (exact) mass is 785 g/mol. The second kappa shape index (κ2) is 14.2. The molecule has 0 aromatic rings. The van der Waals surface area contributed by atoms with Crippen LogP contribution in [-0.4, -0.2) is 0 Å². The standard InChI is InChI=1S/C60H64/c1-57(2,3)45-13-21-49-37-29-38(50(49)22-14-45)34-40-31-42(54-26-18-47(59(7,8)9)16-24-52(40)54)36-44-32-43(55-27-19-48(60(10,11)12)20-28-56(44)55)35-41-30-39(33-37)51-23-15-46(58(4,5)6)17-25-53(41)51/h13-32H,33-36H2,1-12H3. The van der Waals surface area contributed by atoms with Crippen LogP contribution in [-0.2, 0) is 47.3 Å². The van der Waals surface area contributed by atoms with Gasteiger partial charge in [-0.3, -0.25) is 0 Å². The second-order valence-electron chi connectivity index (χ2n) is 22.3. The average Bonchev–Trinajstić information content (AvgIpc) is 3.53. The molecule has 9 rings (SSSR count). The maximum Gasteiger partial charge on any atom is -0.00132 e. The van der Waals surface area contributed by atoms with Crippen molar-refractivity contribution in [3.05, 3.63) is 188 Å². The van der Waals surface area contributed by atoms with Gasteiger partial charge in [-0.05, 0) is 159 Å². The van der Waals surface area contributed by atoms with Gasteiger partial charge in [0.2, 0.25) is 0 Å². The van der Waals surface area contributed by atoms with Crippen molar-refractivity contribution in [2.24, 2.45) is 0 Å². The van der Waals surface area contributed by atoms with E-state index < -0.39 is 0 Å². The summed E-state index contributed by atoms with van der Waals surface area (Å²) in [4.78, 5) is 0. The highest BCUT2D eigenvalue weighted by atomic mass is 14.3. The minimum atomic E-state index is 0.0613. The maximum absolute atomic E-state index is 2.56. The van der Waals surface area contributed by atoms with Crippen molar-refractivity contribution < 1.29 is 0 Å². The molecule has 0 saturated carbocycles. The van der Waals surface area contributed by atoms with Crippen LogP contribution in [0.5, 0.6) is 0 Å². The minimum absolute atomic E-state index is 0.0613. The van der Waals surface area contributed by atoms with Gasteiger partial charge in [-0.1, -0.05) is 204 Å². The molecule has 0 heteroatoms. The zero-order chi connectivity index (χ0) is 42.5. The van der Waals surface area contributed by atoms with Crippen LogP contribution in [0.3, 0.4) is 0 Å². The van der Waals surface area contributed by atoms with Gasteiger partial charge in [0.1, 0.15) is 0 Å². The zero-order valence-electron chi connectivity index (χ0n) is 38.4. The van der Waals surface area contributed by atoms with E-state index in [0.29, 0.717) is 0 Å². The molecule has 0 spiro atoms. The van der Waals surface area contributed by atoms with Crippen molar-refractivity contribution in [3.8, 4) is 44.5 Å². The number of hydrogen-bond donors (Lipinski definition) is 0. The van der Waals surface area contributed by atoms with Crippen LogP contribution in [0.2, 0.25) is 0 Å². The molecule has 0 amide bonds. The van der Waals surface area contributed by atoms with Crippen LogP contribution in [0, 0.1) is 0 Å². The molecule has 0 atom stereocenters. The lowest BCUT2D eigenvalue weighted by Crippen LogP contribution is -2.09. The summed E-state index contributed by atoms with van der Waals surface area (Å²) in [6.07, 6.45) is 3.57. The van der Waals surface area contributed by atoms with Crippen molar-refractivity contribution >= 4 is 0 Å². The van der Waals surface area contributed by atoms with E-state index in [2.05, 4.69) is 204 Å².